The summed E-state index contributed by atoms with van der Waals surface area (Å²) in [6, 6.07) is 24.1. The van der Waals surface area contributed by atoms with Crippen LogP contribution in [0.25, 0.3) is 16.5 Å². The van der Waals surface area contributed by atoms with E-state index in [1.807, 2.05) is 12.1 Å². The summed E-state index contributed by atoms with van der Waals surface area (Å²) in [4.78, 5) is 12.2. The number of rotatable bonds is 5. The minimum atomic E-state index is -0.321. The summed E-state index contributed by atoms with van der Waals surface area (Å²) in [6.45, 7) is 2.75. The molecule has 0 unspecified atom stereocenters. The molecule has 0 aliphatic heterocycles. The van der Waals surface area contributed by atoms with Crippen LogP contribution in [0.15, 0.2) is 89.9 Å². The zero-order valence-corrected chi connectivity index (χ0v) is 15.6. The van der Waals surface area contributed by atoms with Gasteiger partial charge in [0.2, 0.25) is 0 Å². The predicted octanol–water partition coefficient (Wildman–Crippen LogP) is 4.98. The molecule has 4 heteroatoms. The van der Waals surface area contributed by atoms with Crippen LogP contribution < -0.4 is 10.9 Å². The lowest BCUT2D eigenvalue weighted by atomic mass is 9.99. The van der Waals surface area contributed by atoms with Gasteiger partial charge < -0.3 is 5.32 Å². The van der Waals surface area contributed by atoms with Crippen molar-refractivity contribution in [1.29, 1.82) is 0 Å². The van der Waals surface area contributed by atoms with E-state index in [4.69, 9.17) is 0 Å². The average molecular weight is 372 g/mol. The first kappa shape index (κ1) is 18.1. The number of benzene rings is 3. The molecule has 0 aliphatic carbocycles. The molecule has 1 heterocycles. The van der Waals surface area contributed by atoms with Crippen molar-refractivity contribution < 1.29 is 4.39 Å². The molecule has 4 aromatic rings. The number of fused-ring (bicyclic) bond motifs is 1. The van der Waals surface area contributed by atoms with Gasteiger partial charge in [0.25, 0.3) is 5.56 Å². The van der Waals surface area contributed by atoms with E-state index >= 15 is 0 Å². The molecule has 0 spiro atoms. The highest BCUT2D eigenvalue weighted by atomic mass is 19.1. The van der Waals surface area contributed by atoms with Crippen molar-refractivity contribution in [2.24, 2.45) is 0 Å². The van der Waals surface area contributed by atoms with Crippen molar-refractivity contribution in [2.45, 2.75) is 19.5 Å². The Kier molecular flexibility index (Phi) is 5.04. The van der Waals surface area contributed by atoms with Crippen LogP contribution in [0.4, 0.5) is 4.39 Å². The highest BCUT2D eigenvalue weighted by Crippen LogP contribution is 2.24. The van der Waals surface area contributed by atoms with E-state index in [1.54, 1.807) is 29.0 Å². The van der Waals surface area contributed by atoms with E-state index in [0.29, 0.717) is 12.2 Å². The molecule has 0 saturated heterocycles. The van der Waals surface area contributed by atoms with Gasteiger partial charge in [-0.3, -0.25) is 9.36 Å². The van der Waals surface area contributed by atoms with Crippen LogP contribution in [0.3, 0.4) is 0 Å². The fourth-order valence-corrected chi connectivity index (χ4v) is 3.45. The topological polar surface area (TPSA) is 34.0 Å². The summed E-state index contributed by atoms with van der Waals surface area (Å²) in [5.74, 6) is -0.321. The molecular formula is C24H21FN2O. The minimum absolute atomic E-state index is 0.141. The van der Waals surface area contributed by atoms with Crippen molar-refractivity contribution in [2.75, 3.05) is 0 Å². The molecular weight excluding hydrogens is 351 g/mol. The van der Waals surface area contributed by atoms with Crippen LogP contribution in [-0.2, 0) is 6.54 Å². The zero-order valence-electron chi connectivity index (χ0n) is 15.6. The van der Waals surface area contributed by atoms with E-state index < -0.39 is 0 Å². The SMILES string of the molecule is C[C@@H](NCc1ccc(=O)n(-c2ccc(F)cc2)c1)c1cccc2ccccc12. The lowest BCUT2D eigenvalue weighted by Gasteiger charge is -2.17. The van der Waals surface area contributed by atoms with Crippen LogP contribution in [0.1, 0.15) is 24.1 Å². The molecule has 4 rings (SSSR count). The van der Waals surface area contributed by atoms with E-state index in [9.17, 15) is 9.18 Å². The lowest BCUT2D eigenvalue weighted by molar-refractivity contribution is 0.576. The number of nitrogens with zero attached hydrogens (tertiary/aromatic N) is 1. The Bertz CT molecular complexity index is 1160. The van der Waals surface area contributed by atoms with Crippen LogP contribution in [0.5, 0.6) is 0 Å². The molecule has 140 valence electrons. The number of pyridine rings is 1. The Morgan fingerprint density at radius 2 is 1.68 bits per heavy atom. The smallest absolute Gasteiger partial charge is 0.255 e. The van der Waals surface area contributed by atoms with E-state index in [0.717, 1.165) is 5.56 Å². The third kappa shape index (κ3) is 3.73. The first-order valence-electron chi connectivity index (χ1n) is 9.30. The Morgan fingerprint density at radius 1 is 0.929 bits per heavy atom. The minimum Gasteiger partial charge on any atom is -0.306 e. The molecule has 3 aromatic carbocycles. The molecule has 28 heavy (non-hydrogen) atoms. The highest BCUT2D eigenvalue weighted by Gasteiger charge is 2.09. The van der Waals surface area contributed by atoms with Gasteiger partial charge in [0.15, 0.2) is 0 Å². The summed E-state index contributed by atoms with van der Waals surface area (Å²) in [5, 5.41) is 6.00. The molecule has 1 atom stereocenters. The summed E-state index contributed by atoms with van der Waals surface area (Å²) in [7, 11) is 0. The van der Waals surface area contributed by atoms with E-state index in [-0.39, 0.29) is 17.4 Å². The van der Waals surface area contributed by atoms with Gasteiger partial charge >= 0.3 is 0 Å². The van der Waals surface area contributed by atoms with E-state index in [1.165, 1.54) is 28.5 Å². The van der Waals surface area contributed by atoms with Gasteiger partial charge in [-0.2, -0.15) is 0 Å². The van der Waals surface area contributed by atoms with Crippen molar-refractivity contribution in [3.8, 4) is 5.69 Å². The largest absolute Gasteiger partial charge is 0.306 e. The normalized spacial score (nSPS) is 12.2. The standard InChI is InChI=1S/C24H21FN2O/c1-17(22-8-4-6-19-5-2-3-7-23(19)22)26-15-18-9-14-24(28)27(16-18)21-12-10-20(25)11-13-21/h2-14,16-17,26H,15H2,1H3/t17-/m1/s1. The maximum Gasteiger partial charge on any atom is 0.255 e. The molecule has 0 bridgehead atoms. The molecule has 1 aromatic heterocycles. The average Bonchev–Trinajstić information content (AvgIpc) is 2.73. The summed E-state index contributed by atoms with van der Waals surface area (Å²) in [5.41, 5.74) is 2.73. The number of hydrogen-bond acceptors (Lipinski definition) is 2. The second kappa shape index (κ2) is 7.79. The van der Waals surface area contributed by atoms with Gasteiger partial charge in [-0.05, 0) is 53.1 Å². The van der Waals surface area contributed by atoms with Gasteiger partial charge in [-0.15, -0.1) is 0 Å². The van der Waals surface area contributed by atoms with Crippen molar-refractivity contribution in [3.63, 3.8) is 0 Å². The lowest BCUT2D eigenvalue weighted by Crippen LogP contribution is -2.21. The predicted molar refractivity (Wildman–Crippen MR) is 111 cm³/mol. The first-order chi connectivity index (χ1) is 13.6. The molecule has 0 saturated carbocycles. The van der Waals surface area contributed by atoms with Crippen molar-refractivity contribution >= 4 is 10.8 Å². The second-order valence-electron chi connectivity index (χ2n) is 6.89. The molecule has 0 aliphatic rings. The quantitative estimate of drug-likeness (QED) is 0.536. The number of halogens is 1. The van der Waals surface area contributed by atoms with Gasteiger partial charge in [0.1, 0.15) is 5.82 Å². The van der Waals surface area contributed by atoms with Crippen molar-refractivity contribution in [1.82, 2.24) is 9.88 Å². The van der Waals surface area contributed by atoms with Gasteiger partial charge in [0, 0.05) is 30.5 Å². The van der Waals surface area contributed by atoms with Crippen LogP contribution in [-0.4, -0.2) is 4.57 Å². The third-order valence-electron chi connectivity index (χ3n) is 4.98. The van der Waals surface area contributed by atoms with Gasteiger partial charge in [0.05, 0.1) is 0 Å². The monoisotopic (exact) mass is 372 g/mol. The van der Waals surface area contributed by atoms with Crippen LogP contribution in [0, 0.1) is 5.82 Å². The van der Waals surface area contributed by atoms with Crippen LogP contribution in [0.2, 0.25) is 0 Å². The first-order valence-corrected chi connectivity index (χ1v) is 9.30. The maximum absolute atomic E-state index is 13.2. The second-order valence-corrected chi connectivity index (χ2v) is 6.89. The molecule has 0 radical (unpaired) electrons. The number of nitrogens with one attached hydrogen (secondary N) is 1. The molecule has 3 nitrogen and oxygen atoms in total. The number of aromatic nitrogens is 1. The number of hydrogen-bond donors (Lipinski definition) is 1. The van der Waals surface area contributed by atoms with Crippen molar-refractivity contribution in [3.05, 3.63) is 112 Å². The van der Waals surface area contributed by atoms with Gasteiger partial charge in [-0.25, -0.2) is 4.39 Å². The fourth-order valence-electron chi connectivity index (χ4n) is 3.45. The molecule has 0 amide bonds. The summed E-state index contributed by atoms with van der Waals surface area (Å²) in [6.07, 6.45) is 1.80. The zero-order chi connectivity index (χ0) is 19.5. The molecule has 1 N–H and O–H groups in total. The fraction of sp³-hybridized carbons (Fsp3) is 0.125. The molecule has 0 fully saturated rings. The Balaban J connectivity index is 1.55. The van der Waals surface area contributed by atoms with Gasteiger partial charge in [-0.1, -0.05) is 48.5 Å². The summed E-state index contributed by atoms with van der Waals surface area (Å²) >= 11 is 0. The Morgan fingerprint density at radius 3 is 2.50 bits per heavy atom. The highest BCUT2D eigenvalue weighted by molar-refractivity contribution is 5.86. The maximum atomic E-state index is 13.2. The Labute approximate surface area is 163 Å². The third-order valence-corrected chi connectivity index (χ3v) is 4.98. The van der Waals surface area contributed by atoms with E-state index in [2.05, 4.69) is 48.6 Å². The summed E-state index contributed by atoms with van der Waals surface area (Å²) < 4.78 is 14.7. The Hall–Kier alpha value is -3.24. The van der Waals surface area contributed by atoms with Crippen LogP contribution >= 0.6 is 0 Å².